The molecule has 0 radical (unpaired) electrons. The van der Waals surface area contributed by atoms with E-state index in [0.29, 0.717) is 18.3 Å². The van der Waals surface area contributed by atoms with Gasteiger partial charge in [0.05, 0.1) is 13.2 Å². The fourth-order valence-electron chi connectivity index (χ4n) is 3.66. The van der Waals surface area contributed by atoms with Gasteiger partial charge in [0.1, 0.15) is 0 Å². The number of guanidine groups is 1. The van der Waals surface area contributed by atoms with E-state index >= 15 is 0 Å². The van der Waals surface area contributed by atoms with Crippen LogP contribution in [0, 0.1) is 11.8 Å². The first-order valence-corrected chi connectivity index (χ1v) is 10.2. The van der Waals surface area contributed by atoms with Gasteiger partial charge >= 0.3 is 0 Å². The molecule has 0 bridgehead atoms. The van der Waals surface area contributed by atoms with E-state index in [1.807, 2.05) is 0 Å². The standard InChI is InChI=1S/C19H37N5O2/c1-4-21-19(22-14-16(2)15-23-9-11-26-12-10-23)24-7-5-17(6-8-24)13-18(25)20-3/h16-17H,4-15H2,1-3H3,(H,20,25)(H,21,22). The number of likely N-dealkylation sites (tertiary alicyclic amines) is 1. The lowest BCUT2D eigenvalue weighted by Crippen LogP contribution is -2.46. The molecule has 2 fully saturated rings. The summed E-state index contributed by atoms with van der Waals surface area (Å²) < 4.78 is 5.42. The highest BCUT2D eigenvalue weighted by molar-refractivity contribution is 5.80. The van der Waals surface area contributed by atoms with Gasteiger partial charge in [-0.05, 0) is 31.6 Å². The van der Waals surface area contributed by atoms with Crippen LogP contribution in [0.15, 0.2) is 4.99 Å². The van der Waals surface area contributed by atoms with Crippen molar-refractivity contribution in [2.24, 2.45) is 16.8 Å². The highest BCUT2D eigenvalue weighted by Gasteiger charge is 2.23. The minimum absolute atomic E-state index is 0.154. The first-order valence-electron chi connectivity index (χ1n) is 10.2. The van der Waals surface area contributed by atoms with Crippen molar-refractivity contribution >= 4 is 11.9 Å². The summed E-state index contributed by atoms with van der Waals surface area (Å²) in [6.45, 7) is 12.9. The van der Waals surface area contributed by atoms with Gasteiger partial charge in [0.15, 0.2) is 5.96 Å². The Morgan fingerprint density at radius 1 is 1.23 bits per heavy atom. The molecule has 2 aliphatic rings. The number of morpholine rings is 1. The van der Waals surface area contributed by atoms with Crippen molar-refractivity contribution in [3.05, 3.63) is 0 Å². The molecule has 1 amide bonds. The normalized spacial score (nSPS) is 21.5. The third-order valence-electron chi connectivity index (χ3n) is 5.23. The van der Waals surface area contributed by atoms with Crippen LogP contribution < -0.4 is 10.6 Å². The molecular weight excluding hydrogens is 330 g/mol. The minimum atomic E-state index is 0.154. The lowest BCUT2D eigenvalue weighted by atomic mass is 9.93. The van der Waals surface area contributed by atoms with Crippen LogP contribution in [-0.2, 0) is 9.53 Å². The lowest BCUT2D eigenvalue weighted by molar-refractivity contribution is -0.121. The Bertz CT molecular complexity index is 443. The maximum absolute atomic E-state index is 11.6. The van der Waals surface area contributed by atoms with E-state index in [0.717, 1.165) is 77.8 Å². The van der Waals surface area contributed by atoms with E-state index in [2.05, 4.69) is 34.3 Å². The van der Waals surface area contributed by atoms with Crippen molar-refractivity contribution < 1.29 is 9.53 Å². The van der Waals surface area contributed by atoms with E-state index in [4.69, 9.17) is 9.73 Å². The number of hydrogen-bond donors (Lipinski definition) is 2. The van der Waals surface area contributed by atoms with Crippen molar-refractivity contribution in [2.45, 2.75) is 33.1 Å². The molecule has 1 unspecified atom stereocenters. The maximum Gasteiger partial charge on any atom is 0.220 e. The average Bonchev–Trinajstić information content (AvgIpc) is 2.66. The highest BCUT2D eigenvalue weighted by atomic mass is 16.5. The third kappa shape index (κ3) is 7.11. The van der Waals surface area contributed by atoms with Gasteiger partial charge in [-0.1, -0.05) is 6.92 Å². The molecule has 1 atom stereocenters. The summed E-state index contributed by atoms with van der Waals surface area (Å²) in [5, 5.41) is 6.17. The summed E-state index contributed by atoms with van der Waals surface area (Å²) in [7, 11) is 1.71. The van der Waals surface area contributed by atoms with Gasteiger partial charge in [0.25, 0.3) is 0 Å². The van der Waals surface area contributed by atoms with Crippen LogP contribution in [0.3, 0.4) is 0 Å². The van der Waals surface area contributed by atoms with Gasteiger partial charge in [-0.15, -0.1) is 0 Å². The molecule has 26 heavy (non-hydrogen) atoms. The van der Waals surface area contributed by atoms with Crippen LogP contribution in [0.1, 0.15) is 33.1 Å². The van der Waals surface area contributed by atoms with Gasteiger partial charge in [-0.25, -0.2) is 0 Å². The Balaban J connectivity index is 1.79. The van der Waals surface area contributed by atoms with E-state index in [1.165, 1.54) is 0 Å². The second-order valence-corrected chi connectivity index (χ2v) is 7.52. The number of carbonyl (C=O) groups is 1. The van der Waals surface area contributed by atoms with Crippen LogP contribution in [0.4, 0.5) is 0 Å². The predicted octanol–water partition coefficient (Wildman–Crippen LogP) is 0.768. The van der Waals surface area contributed by atoms with Crippen LogP contribution in [0.2, 0.25) is 0 Å². The van der Waals surface area contributed by atoms with Crippen molar-refractivity contribution in [1.82, 2.24) is 20.4 Å². The second-order valence-electron chi connectivity index (χ2n) is 7.52. The van der Waals surface area contributed by atoms with Crippen molar-refractivity contribution in [3.63, 3.8) is 0 Å². The number of ether oxygens (including phenoxy) is 1. The molecular formula is C19H37N5O2. The van der Waals surface area contributed by atoms with E-state index in [1.54, 1.807) is 7.05 Å². The van der Waals surface area contributed by atoms with E-state index in [9.17, 15) is 4.79 Å². The molecule has 0 saturated carbocycles. The topological polar surface area (TPSA) is 69.2 Å². The predicted molar refractivity (Wildman–Crippen MR) is 105 cm³/mol. The number of amides is 1. The fraction of sp³-hybridized carbons (Fsp3) is 0.895. The van der Waals surface area contributed by atoms with Crippen molar-refractivity contribution in [3.8, 4) is 0 Å². The number of piperidine rings is 1. The number of nitrogens with zero attached hydrogens (tertiary/aromatic N) is 3. The van der Waals surface area contributed by atoms with Crippen LogP contribution in [0.5, 0.6) is 0 Å². The van der Waals surface area contributed by atoms with Gasteiger partial charge in [-0.2, -0.15) is 0 Å². The molecule has 0 aromatic rings. The number of nitrogens with one attached hydrogen (secondary N) is 2. The molecule has 0 aliphatic carbocycles. The summed E-state index contributed by atoms with van der Waals surface area (Å²) in [4.78, 5) is 21.3. The zero-order valence-corrected chi connectivity index (χ0v) is 16.8. The third-order valence-corrected chi connectivity index (χ3v) is 5.23. The number of carbonyl (C=O) groups excluding carboxylic acids is 1. The summed E-state index contributed by atoms with van der Waals surface area (Å²) in [6.07, 6.45) is 2.76. The van der Waals surface area contributed by atoms with Crippen LogP contribution in [-0.4, -0.2) is 87.7 Å². The maximum atomic E-state index is 11.6. The Hall–Kier alpha value is -1.34. The number of aliphatic imine (C=N–C) groups is 1. The SMILES string of the molecule is CCNC(=NCC(C)CN1CCOCC1)N1CCC(CC(=O)NC)CC1. The Morgan fingerprint density at radius 2 is 1.92 bits per heavy atom. The molecule has 2 saturated heterocycles. The molecule has 0 aromatic heterocycles. The first-order chi connectivity index (χ1) is 12.6. The molecule has 0 aromatic carbocycles. The zero-order chi connectivity index (χ0) is 18.8. The molecule has 2 N–H and O–H groups in total. The summed E-state index contributed by atoms with van der Waals surface area (Å²) in [5.41, 5.74) is 0. The van der Waals surface area contributed by atoms with Crippen molar-refractivity contribution in [1.29, 1.82) is 0 Å². The molecule has 7 nitrogen and oxygen atoms in total. The largest absolute Gasteiger partial charge is 0.379 e. The lowest BCUT2D eigenvalue weighted by Gasteiger charge is -2.34. The van der Waals surface area contributed by atoms with Crippen LogP contribution in [0.25, 0.3) is 0 Å². The summed E-state index contributed by atoms with van der Waals surface area (Å²) >= 11 is 0. The molecule has 2 aliphatic heterocycles. The number of hydrogen-bond acceptors (Lipinski definition) is 4. The zero-order valence-electron chi connectivity index (χ0n) is 16.8. The van der Waals surface area contributed by atoms with Gasteiger partial charge in [-0.3, -0.25) is 14.7 Å². The Labute approximate surface area is 158 Å². The van der Waals surface area contributed by atoms with Crippen LogP contribution >= 0.6 is 0 Å². The van der Waals surface area contributed by atoms with Gasteiger partial charge in [0.2, 0.25) is 5.91 Å². The van der Waals surface area contributed by atoms with Gasteiger partial charge < -0.3 is 20.3 Å². The van der Waals surface area contributed by atoms with E-state index in [-0.39, 0.29) is 5.91 Å². The summed E-state index contributed by atoms with van der Waals surface area (Å²) in [5.74, 6) is 2.21. The monoisotopic (exact) mass is 367 g/mol. The first kappa shape index (κ1) is 21.0. The summed E-state index contributed by atoms with van der Waals surface area (Å²) in [6, 6.07) is 0. The molecule has 7 heteroatoms. The fourth-order valence-corrected chi connectivity index (χ4v) is 3.66. The smallest absolute Gasteiger partial charge is 0.220 e. The van der Waals surface area contributed by atoms with Gasteiger partial charge in [0, 0.05) is 59.3 Å². The van der Waals surface area contributed by atoms with Crippen molar-refractivity contribution in [2.75, 3.05) is 66.1 Å². The minimum Gasteiger partial charge on any atom is -0.379 e. The quantitative estimate of drug-likeness (QED) is 0.514. The second kappa shape index (κ2) is 11.4. The Kier molecular flexibility index (Phi) is 9.18. The average molecular weight is 368 g/mol. The molecule has 2 rings (SSSR count). The highest BCUT2D eigenvalue weighted by Crippen LogP contribution is 2.20. The molecule has 0 spiro atoms. The Morgan fingerprint density at radius 3 is 2.54 bits per heavy atom. The molecule has 2 heterocycles. The molecule has 150 valence electrons. The number of rotatable bonds is 7. The van der Waals surface area contributed by atoms with E-state index < -0.39 is 0 Å².